The van der Waals surface area contributed by atoms with Gasteiger partial charge in [0.05, 0.1) is 0 Å². The maximum absolute atomic E-state index is 13.5. The highest BCUT2D eigenvalue weighted by molar-refractivity contribution is 6.42. The molecule has 8 aromatic carbocycles. The molecule has 8 rings (SSSR count). The first kappa shape index (κ1) is 48.8. The Balaban J connectivity index is 1.86. The summed E-state index contributed by atoms with van der Waals surface area (Å²) < 4.78 is 0. The van der Waals surface area contributed by atoms with Crippen molar-refractivity contribution in [2.75, 3.05) is 0 Å². The van der Waals surface area contributed by atoms with Gasteiger partial charge in [0.15, 0.2) is 0 Å². The van der Waals surface area contributed by atoms with Crippen LogP contribution in [0.2, 0.25) is 6.82 Å². The number of phenols is 4. The second-order valence-electron chi connectivity index (χ2n) is 23.5. The Morgan fingerprint density at radius 2 is 0.706 bits per heavy atom. The summed E-state index contributed by atoms with van der Waals surface area (Å²) in [5, 5.41) is 61.3. The lowest BCUT2D eigenvalue weighted by atomic mass is 9.67. The Morgan fingerprint density at radius 3 is 1.04 bits per heavy atom. The molecule has 0 aromatic heterocycles. The smallest absolute Gasteiger partial charge is 0.123 e. The van der Waals surface area contributed by atoms with Gasteiger partial charge in [0.1, 0.15) is 30.3 Å². The van der Waals surface area contributed by atoms with Crippen LogP contribution in [0.15, 0.2) is 84.9 Å². The van der Waals surface area contributed by atoms with E-state index in [4.69, 9.17) is 0 Å². The van der Waals surface area contributed by atoms with E-state index >= 15 is 0 Å². The molecule has 0 aliphatic heterocycles. The van der Waals surface area contributed by atoms with Gasteiger partial charge in [0, 0.05) is 27.7 Å². The molecule has 0 atom stereocenters. The third-order valence-corrected chi connectivity index (χ3v) is 14.5. The van der Waals surface area contributed by atoms with Crippen molar-refractivity contribution in [1.29, 1.82) is 0 Å². The standard InChI is InChI=1S/C63H74BO4/c1-15-42-49-45(28-36(56(42)65)32-60(4,5)6)52-47-31-39(35-64-14)58(67)44(17-3)51(47)54-48(53(52)46-29-37(33-61(7,8)9)57(66)43(16-2)50(46)49)30-38(34-62(10,11)12)59(68)55(54)63(13,40-24-20-18-21-25-40)41-26-22-19-23-27-41/h18-31,65-68H,15-17,32-35H2,1-14H3. The summed E-state index contributed by atoms with van der Waals surface area (Å²) in [7, 11) is 2.11. The molecule has 1 radical (unpaired) electrons. The Bertz CT molecular complexity index is 3210. The highest BCUT2D eigenvalue weighted by atomic mass is 16.3. The van der Waals surface area contributed by atoms with Gasteiger partial charge in [0.2, 0.25) is 0 Å². The molecular formula is C63H74BO4. The summed E-state index contributed by atoms with van der Waals surface area (Å²) in [6.07, 6.45) is 4.26. The van der Waals surface area contributed by atoms with E-state index in [2.05, 4.69) is 182 Å². The molecule has 0 saturated heterocycles. The van der Waals surface area contributed by atoms with Gasteiger partial charge in [-0.05, 0) is 173 Å². The van der Waals surface area contributed by atoms with Crippen LogP contribution in [0.4, 0.5) is 0 Å². The molecule has 68 heavy (non-hydrogen) atoms. The summed E-state index contributed by atoms with van der Waals surface area (Å²) in [6.45, 7) is 30.7. The summed E-state index contributed by atoms with van der Waals surface area (Å²) in [6, 6.07) is 30.2. The average Bonchev–Trinajstić information content (AvgIpc) is 3.27. The van der Waals surface area contributed by atoms with Gasteiger partial charge in [-0.25, -0.2) is 0 Å². The quantitative estimate of drug-likeness (QED) is 0.0592. The van der Waals surface area contributed by atoms with E-state index in [-0.39, 0.29) is 22.0 Å². The molecule has 0 saturated carbocycles. The fraction of sp³-hybridized carbons (Fsp3) is 0.397. The number of hydrogen-bond donors (Lipinski definition) is 4. The van der Waals surface area contributed by atoms with Crippen LogP contribution in [-0.4, -0.2) is 27.7 Å². The molecule has 0 spiro atoms. The van der Waals surface area contributed by atoms with Crippen molar-refractivity contribution >= 4 is 61.1 Å². The lowest BCUT2D eigenvalue weighted by Gasteiger charge is -2.36. The number of phenolic OH excluding ortho intramolecular Hbond substituents is 4. The molecule has 0 amide bonds. The van der Waals surface area contributed by atoms with Crippen LogP contribution in [0.5, 0.6) is 23.0 Å². The fourth-order valence-electron chi connectivity index (χ4n) is 11.8. The van der Waals surface area contributed by atoms with E-state index in [0.29, 0.717) is 62.1 Å². The number of rotatable bonds is 11. The van der Waals surface area contributed by atoms with Crippen LogP contribution < -0.4 is 0 Å². The predicted octanol–water partition coefficient (Wildman–Crippen LogP) is 16.3. The van der Waals surface area contributed by atoms with Crippen LogP contribution in [0.25, 0.3) is 53.9 Å². The van der Waals surface area contributed by atoms with Crippen LogP contribution in [0, 0.1) is 16.2 Å². The summed E-state index contributed by atoms with van der Waals surface area (Å²) in [4.78, 5) is 0. The normalized spacial score (nSPS) is 12.9. The van der Waals surface area contributed by atoms with E-state index in [1.54, 1.807) is 0 Å². The molecule has 0 aliphatic rings. The monoisotopic (exact) mass is 906 g/mol. The van der Waals surface area contributed by atoms with E-state index in [1.165, 1.54) is 0 Å². The van der Waals surface area contributed by atoms with Crippen molar-refractivity contribution in [2.24, 2.45) is 16.2 Å². The van der Waals surface area contributed by atoms with Crippen molar-refractivity contribution < 1.29 is 20.4 Å². The van der Waals surface area contributed by atoms with Crippen LogP contribution in [0.3, 0.4) is 0 Å². The predicted molar refractivity (Wildman–Crippen MR) is 292 cm³/mol. The number of benzene rings is 8. The third kappa shape index (κ3) is 8.26. The SMILES string of the molecule is C[B]Cc1cc2c(c(CC)c1O)c1c(C(C)(c3ccccc3)c3ccccc3)c(O)c(CC(C)(C)C)cc1c1c3cc(CC(C)(C)C)c(O)c(CC)c3c3c(CC)c(O)c(CC(C)(C)C)cc3c21. The number of aryl methyl sites for hydroxylation is 3. The minimum atomic E-state index is -0.867. The van der Waals surface area contributed by atoms with Gasteiger partial charge >= 0.3 is 0 Å². The van der Waals surface area contributed by atoms with Gasteiger partial charge in [-0.15, -0.1) is 0 Å². The summed E-state index contributed by atoms with van der Waals surface area (Å²) in [5.74, 6) is 1.22. The molecule has 0 aliphatic carbocycles. The van der Waals surface area contributed by atoms with Crippen molar-refractivity contribution in [3.8, 4) is 23.0 Å². The lowest BCUT2D eigenvalue weighted by Crippen LogP contribution is -2.26. The molecule has 0 unspecified atom stereocenters. The fourth-order valence-corrected chi connectivity index (χ4v) is 11.8. The van der Waals surface area contributed by atoms with Crippen molar-refractivity contribution in [2.45, 2.75) is 147 Å². The summed E-state index contributed by atoms with van der Waals surface area (Å²) >= 11 is 0. The molecule has 8 aromatic rings. The van der Waals surface area contributed by atoms with Gasteiger partial charge < -0.3 is 20.4 Å². The topological polar surface area (TPSA) is 80.9 Å². The Labute approximate surface area is 406 Å². The zero-order valence-corrected chi connectivity index (χ0v) is 43.4. The van der Waals surface area contributed by atoms with Gasteiger partial charge in [0.25, 0.3) is 0 Å². The Kier molecular flexibility index (Phi) is 12.7. The molecule has 0 heterocycles. The first-order valence-electron chi connectivity index (χ1n) is 25.2. The van der Waals surface area contributed by atoms with Crippen molar-refractivity contribution in [1.82, 2.24) is 0 Å². The maximum atomic E-state index is 13.5. The molecule has 0 fully saturated rings. The number of aromatic hydroxyl groups is 4. The average molecular weight is 906 g/mol. The lowest BCUT2D eigenvalue weighted by molar-refractivity contribution is 0.391. The highest BCUT2D eigenvalue weighted by Gasteiger charge is 2.39. The molecule has 353 valence electrons. The van der Waals surface area contributed by atoms with Crippen molar-refractivity contribution in [3.05, 3.63) is 141 Å². The van der Waals surface area contributed by atoms with E-state index in [9.17, 15) is 20.4 Å². The molecule has 0 bridgehead atoms. The number of hydrogen-bond acceptors (Lipinski definition) is 4. The minimum Gasteiger partial charge on any atom is -0.507 e. The third-order valence-electron chi connectivity index (χ3n) is 14.5. The van der Waals surface area contributed by atoms with Gasteiger partial charge in [-0.2, -0.15) is 0 Å². The minimum absolute atomic E-state index is 0.120. The Hall–Kier alpha value is -5.68. The molecule has 5 heteroatoms. The van der Waals surface area contributed by atoms with Crippen LogP contribution in [-0.2, 0) is 50.3 Å². The first-order chi connectivity index (χ1) is 32.0. The van der Waals surface area contributed by atoms with E-state index in [1.807, 2.05) is 6.82 Å². The zero-order chi connectivity index (χ0) is 49.4. The summed E-state index contributed by atoms with van der Waals surface area (Å²) in [5.41, 5.74) is 7.75. The van der Waals surface area contributed by atoms with Crippen LogP contribution >= 0.6 is 0 Å². The van der Waals surface area contributed by atoms with Gasteiger partial charge in [-0.1, -0.05) is 157 Å². The maximum Gasteiger partial charge on any atom is 0.123 e. The molecular weight excluding hydrogens is 832 g/mol. The molecule has 4 nitrogen and oxygen atoms in total. The second-order valence-corrected chi connectivity index (χ2v) is 23.5. The van der Waals surface area contributed by atoms with Crippen LogP contribution in [0.1, 0.15) is 146 Å². The second kappa shape index (κ2) is 17.7. The van der Waals surface area contributed by atoms with Crippen molar-refractivity contribution in [3.63, 3.8) is 0 Å². The van der Waals surface area contributed by atoms with E-state index < -0.39 is 5.41 Å². The Morgan fingerprint density at radius 1 is 0.397 bits per heavy atom. The zero-order valence-electron chi connectivity index (χ0n) is 43.4. The highest BCUT2D eigenvalue weighted by Crippen LogP contribution is 2.57. The first-order valence-corrected chi connectivity index (χ1v) is 25.2. The molecule has 4 N–H and O–H groups in total. The van der Waals surface area contributed by atoms with E-state index in [0.717, 1.165) is 109 Å². The largest absolute Gasteiger partial charge is 0.507 e. The number of fused-ring (bicyclic) bond motifs is 11. The van der Waals surface area contributed by atoms with Gasteiger partial charge in [-0.3, -0.25) is 0 Å².